The molecular formula is C12H13FN2. The number of hydrogen-bond donors (Lipinski definition) is 1. The monoisotopic (exact) mass is 204 g/mol. The molecule has 0 atom stereocenters. The first-order valence-corrected chi connectivity index (χ1v) is 5.01. The third-order valence-corrected chi connectivity index (χ3v) is 2.40. The Morgan fingerprint density at radius 2 is 2.13 bits per heavy atom. The normalized spacial score (nSPS) is 10.6. The summed E-state index contributed by atoms with van der Waals surface area (Å²) >= 11 is 0. The van der Waals surface area contributed by atoms with Gasteiger partial charge in [0.1, 0.15) is 11.6 Å². The minimum absolute atomic E-state index is 0.216. The summed E-state index contributed by atoms with van der Waals surface area (Å²) in [7, 11) is 0. The van der Waals surface area contributed by atoms with Crippen molar-refractivity contribution in [2.75, 3.05) is 11.9 Å². The molecule has 0 aliphatic heterocycles. The summed E-state index contributed by atoms with van der Waals surface area (Å²) in [6, 6.07) is 4.97. The number of nitrogens with zero attached hydrogens (tertiary/aromatic N) is 1. The molecule has 0 fully saturated rings. The molecule has 3 heteroatoms. The molecule has 1 aromatic heterocycles. The molecule has 0 radical (unpaired) electrons. The van der Waals surface area contributed by atoms with Crippen LogP contribution in [0.5, 0.6) is 0 Å². The van der Waals surface area contributed by atoms with Gasteiger partial charge in [0, 0.05) is 18.1 Å². The van der Waals surface area contributed by atoms with Gasteiger partial charge in [0.25, 0.3) is 0 Å². The molecule has 0 spiro atoms. The van der Waals surface area contributed by atoms with E-state index in [0.717, 1.165) is 28.7 Å². The Hall–Kier alpha value is -1.64. The summed E-state index contributed by atoms with van der Waals surface area (Å²) in [5.74, 6) is 0.532. The van der Waals surface area contributed by atoms with Gasteiger partial charge in [-0.3, -0.25) is 0 Å². The smallest absolute Gasteiger partial charge is 0.133 e. The van der Waals surface area contributed by atoms with E-state index < -0.39 is 0 Å². The molecule has 15 heavy (non-hydrogen) atoms. The van der Waals surface area contributed by atoms with E-state index in [4.69, 9.17) is 0 Å². The molecule has 0 saturated heterocycles. The van der Waals surface area contributed by atoms with E-state index in [1.165, 1.54) is 12.1 Å². The van der Waals surface area contributed by atoms with Crippen LogP contribution >= 0.6 is 0 Å². The minimum Gasteiger partial charge on any atom is -0.370 e. The van der Waals surface area contributed by atoms with Crippen molar-refractivity contribution in [1.29, 1.82) is 0 Å². The van der Waals surface area contributed by atoms with Gasteiger partial charge in [0.15, 0.2) is 0 Å². The molecule has 0 aliphatic rings. The summed E-state index contributed by atoms with van der Waals surface area (Å²) < 4.78 is 13.3. The molecular weight excluding hydrogens is 191 g/mol. The third kappa shape index (κ3) is 1.77. The first kappa shape index (κ1) is 9.90. The molecule has 78 valence electrons. The summed E-state index contributed by atoms with van der Waals surface area (Å²) in [5.41, 5.74) is 0.937. The SMILES string of the molecule is CCNc1nccc2c(C)cc(F)cc12. The molecule has 2 nitrogen and oxygen atoms in total. The molecule has 0 bridgehead atoms. The first-order chi connectivity index (χ1) is 7.22. The second-order valence-electron chi connectivity index (χ2n) is 3.51. The Bertz CT molecular complexity index is 494. The van der Waals surface area contributed by atoms with E-state index in [-0.39, 0.29) is 5.82 Å². The van der Waals surface area contributed by atoms with E-state index in [1.807, 2.05) is 19.9 Å². The van der Waals surface area contributed by atoms with Gasteiger partial charge in [-0.05, 0) is 43.0 Å². The molecule has 0 aliphatic carbocycles. The standard InChI is InChI=1S/C12H13FN2/c1-3-14-12-11-7-9(13)6-8(2)10(11)4-5-15-12/h4-7H,3H2,1-2H3,(H,14,15). The van der Waals surface area contributed by atoms with Gasteiger partial charge in [-0.1, -0.05) is 0 Å². The maximum Gasteiger partial charge on any atom is 0.133 e. The fourth-order valence-corrected chi connectivity index (χ4v) is 1.74. The Labute approximate surface area is 88.1 Å². The second kappa shape index (κ2) is 3.85. The summed E-state index contributed by atoms with van der Waals surface area (Å²) in [5, 5.41) is 5.02. The van der Waals surface area contributed by atoms with Gasteiger partial charge in [0.05, 0.1) is 0 Å². The highest BCUT2D eigenvalue weighted by atomic mass is 19.1. The maximum atomic E-state index is 13.3. The van der Waals surface area contributed by atoms with Crippen LogP contribution in [0.1, 0.15) is 12.5 Å². The Balaban J connectivity index is 2.73. The van der Waals surface area contributed by atoms with Gasteiger partial charge >= 0.3 is 0 Å². The number of rotatable bonds is 2. The number of nitrogens with one attached hydrogen (secondary N) is 1. The van der Waals surface area contributed by atoms with Crippen LogP contribution in [0.2, 0.25) is 0 Å². The topological polar surface area (TPSA) is 24.9 Å². The van der Waals surface area contributed by atoms with Crippen molar-refractivity contribution in [2.45, 2.75) is 13.8 Å². The van der Waals surface area contributed by atoms with Gasteiger partial charge < -0.3 is 5.32 Å². The van der Waals surface area contributed by atoms with Crippen LogP contribution in [0.3, 0.4) is 0 Å². The molecule has 1 heterocycles. The molecule has 0 unspecified atom stereocenters. The van der Waals surface area contributed by atoms with Gasteiger partial charge in [-0.25, -0.2) is 9.37 Å². The largest absolute Gasteiger partial charge is 0.370 e. The number of halogens is 1. The van der Waals surface area contributed by atoms with Crippen molar-refractivity contribution in [3.05, 3.63) is 35.8 Å². The van der Waals surface area contributed by atoms with Crippen LogP contribution in [0.4, 0.5) is 10.2 Å². The van der Waals surface area contributed by atoms with Crippen molar-refractivity contribution in [2.24, 2.45) is 0 Å². The highest BCUT2D eigenvalue weighted by Crippen LogP contribution is 2.24. The van der Waals surface area contributed by atoms with Crippen molar-refractivity contribution >= 4 is 16.6 Å². The van der Waals surface area contributed by atoms with E-state index in [2.05, 4.69) is 10.3 Å². The number of aryl methyl sites for hydroxylation is 1. The maximum absolute atomic E-state index is 13.3. The number of hydrogen-bond acceptors (Lipinski definition) is 2. The Kier molecular flexibility index (Phi) is 2.54. The molecule has 0 amide bonds. The van der Waals surface area contributed by atoms with Gasteiger partial charge in [0.2, 0.25) is 0 Å². The minimum atomic E-state index is -0.216. The van der Waals surface area contributed by atoms with E-state index >= 15 is 0 Å². The third-order valence-electron chi connectivity index (χ3n) is 2.40. The quantitative estimate of drug-likeness (QED) is 0.813. The van der Waals surface area contributed by atoms with Gasteiger partial charge in [-0.2, -0.15) is 0 Å². The summed E-state index contributed by atoms with van der Waals surface area (Å²) in [4.78, 5) is 4.20. The number of benzene rings is 1. The molecule has 1 aromatic carbocycles. The van der Waals surface area contributed by atoms with Crippen molar-refractivity contribution in [1.82, 2.24) is 4.98 Å². The summed E-state index contributed by atoms with van der Waals surface area (Å²) in [6.07, 6.45) is 1.74. The number of aromatic nitrogens is 1. The average Bonchev–Trinajstić information content (AvgIpc) is 2.19. The predicted octanol–water partition coefficient (Wildman–Crippen LogP) is 3.11. The molecule has 2 rings (SSSR count). The van der Waals surface area contributed by atoms with Crippen LogP contribution in [0, 0.1) is 12.7 Å². The zero-order valence-electron chi connectivity index (χ0n) is 8.84. The highest BCUT2D eigenvalue weighted by Gasteiger charge is 2.05. The lowest BCUT2D eigenvalue weighted by molar-refractivity contribution is 0.628. The number of pyridine rings is 1. The fourth-order valence-electron chi connectivity index (χ4n) is 1.74. The molecule has 0 saturated carbocycles. The van der Waals surface area contributed by atoms with Crippen LogP contribution in [-0.2, 0) is 0 Å². The lowest BCUT2D eigenvalue weighted by Gasteiger charge is -2.08. The van der Waals surface area contributed by atoms with Gasteiger partial charge in [-0.15, -0.1) is 0 Å². The highest BCUT2D eigenvalue weighted by molar-refractivity contribution is 5.93. The Morgan fingerprint density at radius 3 is 2.87 bits per heavy atom. The van der Waals surface area contributed by atoms with Crippen LogP contribution in [-0.4, -0.2) is 11.5 Å². The lowest BCUT2D eigenvalue weighted by atomic mass is 10.1. The second-order valence-corrected chi connectivity index (χ2v) is 3.51. The zero-order valence-corrected chi connectivity index (χ0v) is 8.84. The fraction of sp³-hybridized carbons (Fsp3) is 0.250. The predicted molar refractivity (Wildman–Crippen MR) is 60.6 cm³/mol. The van der Waals surface area contributed by atoms with Crippen molar-refractivity contribution in [3.63, 3.8) is 0 Å². The van der Waals surface area contributed by atoms with Crippen LogP contribution in [0.15, 0.2) is 24.4 Å². The number of fused-ring (bicyclic) bond motifs is 1. The molecule has 2 aromatic rings. The summed E-state index contributed by atoms with van der Waals surface area (Å²) in [6.45, 7) is 4.68. The Morgan fingerprint density at radius 1 is 1.33 bits per heavy atom. The molecule has 1 N–H and O–H groups in total. The average molecular weight is 204 g/mol. The van der Waals surface area contributed by atoms with Crippen LogP contribution < -0.4 is 5.32 Å². The van der Waals surface area contributed by atoms with E-state index in [0.29, 0.717) is 0 Å². The lowest BCUT2D eigenvalue weighted by Crippen LogP contribution is -2.00. The first-order valence-electron chi connectivity index (χ1n) is 5.01. The van der Waals surface area contributed by atoms with Crippen LogP contribution in [0.25, 0.3) is 10.8 Å². The van der Waals surface area contributed by atoms with Crippen molar-refractivity contribution < 1.29 is 4.39 Å². The zero-order chi connectivity index (χ0) is 10.8. The number of anilines is 1. The van der Waals surface area contributed by atoms with E-state index in [1.54, 1.807) is 6.20 Å². The van der Waals surface area contributed by atoms with E-state index in [9.17, 15) is 4.39 Å². The van der Waals surface area contributed by atoms with Crippen molar-refractivity contribution in [3.8, 4) is 0 Å².